The van der Waals surface area contributed by atoms with Crippen molar-refractivity contribution in [3.05, 3.63) is 77.6 Å². The second-order valence-electron chi connectivity index (χ2n) is 7.19. The van der Waals surface area contributed by atoms with E-state index < -0.39 is 21.9 Å². The van der Waals surface area contributed by atoms with E-state index in [0.29, 0.717) is 28.4 Å². The number of methoxy groups -OCH3 is 3. The molecule has 0 saturated heterocycles. The van der Waals surface area contributed by atoms with Crippen LogP contribution in [0.4, 0.5) is 10.1 Å². The van der Waals surface area contributed by atoms with Crippen molar-refractivity contribution < 1.29 is 27.0 Å². The van der Waals surface area contributed by atoms with Crippen molar-refractivity contribution in [2.75, 3.05) is 25.6 Å². The summed E-state index contributed by atoms with van der Waals surface area (Å²) in [6.07, 6.45) is 0. The zero-order chi connectivity index (χ0) is 23.5. The molecule has 0 heterocycles. The number of rotatable bonds is 8. The smallest absolute Gasteiger partial charge is 0.264 e. The first-order valence-corrected chi connectivity index (χ1v) is 11.3. The van der Waals surface area contributed by atoms with E-state index in [-0.39, 0.29) is 10.6 Å². The average Bonchev–Trinajstić information content (AvgIpc) is 2.80. The van der Waals surface area contributed by atoms with Gasteiger partial charge in [-0.1, -0.05) is 6.07 Å². The Labute approximate surface area is 188 Å². The molecule has 0 saturated carbocycles. The Morgan fingerprint density at radius 2 is 1.47 bits per heavy atom. The van der Waals surface area contributed by atoms with Crippen molar-refractivity contribution in [1.82, 2.24) is 0 Å². The molecule has 0 amide bonds. The number of nitrogens with zero attached hydrogens (tertiary/aromatic N) is 1. The van der Waals surface area contributed by atoms with Crippen molar-refractivity contribution in [3.63, 3.8) is 0 Å². The van der Waals surface area contributed by atoms with Gasteiger partial charge in [0.25, 0.3) is 10.0 Å². The lowest BCUT2D eigenvalue weighted by Crippen LogP contribution is -2.34. The summed E-state index contributed by atoms with van der Waals surface area (Å²) in [5.41, 5.74) is 1.19. The largest absolute Gasteiger partial charge is 0.497 e. The normalized spacial score (nSPS) is 12.2. The van der Waals surface area contributed by atoms with E-state index >= 15 is 0 Å². The maximum atomic E-state index is 14.5. The van der Waals surface area contributed by atoms with Crippen molar-refractivity contribution in [1.29, 1.82) is 0 Å². The van der Waals surface area contributed by atoms with Gasteiger partial charge in [0.1, 0.15) is 23.1 Å². The highest BCUT2D eigenvalue weighted by molar-refractivity contribution is 7.92. The lowest BCUT2D eigenvalue weighted by molar-refractivity contribution is 0.396. The number of ether oxygens (including phenoxy) is 3. The summed E-state index contributed by atoms with van der Waals surface area (Å²) < 4.78 is 59.2. The molecule has 3 aromatic rings. The highest BCUT2D eigenvalue weighted by Crippen LogP contribution is 2.39. The Morgan fingerprint density at radius 1 is 0.844 bits per heavy atom. The molecule has 3 rings (SSSR count). The standard InChI is InChI=1S/C24H26FNO5S/c1-16-6-7-18(14-23(16)25)26(32(27,28)21-11-8-19(29-3)9-12-21)17(2)22-15-20(30-4)10-13-24(22)31-5/h6-15,17H,1-5H3/t17-/m1/s1. The van der Waals surface area contributed by atoms with Crippen LogP contribution in [0.5, 0.6) is 17.2 Å². The number of aryl methyl sites for hydroxylation is 1. The highest BCUT2D eigenvalue weighted by atomic mass is 32.2. The van der Waals surface area contributed by atoms with Crippen LogP contribution in [0.25, 0.3) is 0 Å². The van der Waals surface area contributed by atoms with Gasteiger partial charge in [0, 0.05) is 5.56 Å². The molecular formula is C24H26FNO5S. The van der Waals surface area contributed by atoms with E-state index in [9.17, 15) is 12.8 Å². The van der Waals surface area contributed by atoms with Gasteiger partial charge >= 0.3 is 0 Å². The first-order chi connectivity index (χ1) is 15.2. The molecule has 1 atom stereocenters. The predicted molar refractivity (Wildman–Crippen MR) is 122 cm³/mol. The van der Waals surface area contributed by atoms with E-state index in [0.717, 1.165) is 0 Å². The third kappa shape index (κ3) is 4.50. The van der Waals surface area contributed by atoms with E-state index in [1.54, 1.807) is 56.3 Å². The monoisotopic (exact) mass is 459 g/mol. The van der Waals surface area contributed by atoms with Crippen LogP contribution in [0, 0.1) is 12.7 Å². The Balaban J connectivity index is 2.22. The maximum Gasteiger partial charge on any atom is 0.264 e. The number of benzene rings is 3. The van der Waals surface area contributed by atoms with Gasteiger partial charge in [-0.3, -0.25) is 4.31 Å². The Kier molecular flexibility index (Phi) is 6.93. The van der Waals surface area contributed by atoms with Crippen molar-refractivity contribution in [2.45, 2.75) is 24.8 Å². The fourth-order valence-corrected chi connectivity index (χ4v) is 5.07. The van der Waals surface area contributed by atoms with E-state index in [1.165, 1.54) is 43.8 Å². The summed E-state index contributed by atoms with van der Waals surface area (Å²) >= 11 is 0. The van der Waals surface area contributed by atoms with Crippen LogP contribution in [0.2, 0.25) is 0 Å². The molecule has 0 fully saturated rings. The van der Waals surface area contributed by atoms with Gasteiger partial charge < -0.3 is 14.2 Å². The maximum absolute atomic E-state index is 14.5. The zero-order valence-corrected chi connectivity index (χ0v) is 19.4. The molecule has 8 heteroatoms. The lowest BCUT2D eigenvalue weighted by atomic mass is 10.1. The molecule has 0 aromatic heterocycles. The number of hydrogen-bond donors (Lipinski definition) is 0. The van der Waals surface area contributed by atoms with Gasteiger partial charge in [-0.25, -0.2) is 12.8 Å². The number of halogens is 1. The molecule has 0 radical (unpaired) electrons. The molecule has 0 spiro atoms. The molecular weight excluding hydrogens is 433 g/mol. The van der Waals surface area contributed by atoms with Crippen molar-refractivity contribution in [3.8, 4) is 17.2 Å². The molecule has 0 aliphatic rings. The zero-order valence-electron chi connectivity index (χ0n) is 18.6. The molecule has 3 aromatic carbocycles. The minimum Gasteiger partial charge on any atom is -0.497 e. The average molecular weight is 460 g/mol. The van der Waals surface area contributed by atoms with Crippen LogP contribution >= 0.6 is 0 Å². The first-order valence-electron chi connectivity index (χ1n) is 9.89. The number of anilines is 1. The summed E-state index contributed by atoms with van der Waals surface area (Å²) in [6.45, 7) is 3.34. The molecule has 0 aliphatic heterocycles. The van der Waals surface area contributed by atoms with Gasteiger partial charge in [-0.15, -0.1) is 0 Å². The second-order valence-corrected chi connectivity index (χ2v) is 9.01. The summed E-state index contributed by atoms with van der Waals surface area (Å²) in [5.74, 6) is 1.06. The van der Waals surface area contributed by atoms with Crippen LogP contribution in [0.3, 0.4) is 0 Å². The lowest BCUT2D eigenvalue weighted by Gasteiger charge is -2.32. The summed E-state index contributed by atoms with van der Waals surface area (Å²) in [7, 11) is 0.447. The number of hydrogen-bond acceptors (Lipinski definition) is 5. The van der Waals surface area contributed by atoms with Crippen LogP contribution in [0.15, 0.2) is 65.6 Å². The minimum absolute atomic E-state index is 0.0491. The molecule has 0 N–H and O–H groups in total. The SMILES string of the molecule is COc1ccc(S(=O)(=O)N(c2ccc(C)c(F)c2)[C@H](C)c2cc(OC)ccc2OC)cc1. The molecule has 0 unspecified atom stereocenters. The topological polar surface area (TPSA) is 65.1 Å². The molecule has 32 heavy (non-hydrogen) atoms. The summed E-state index contributed by atoms with van der Waals surface area (Å²) in [5, 5.41) is 0. The Hall–Kier alpha value is -3.26. The van der Waals surface area contributed by atoms with Gasteiger partial charge in [0.2, 0.25) is 0 Å². The van der Waals surface area contributed by atoms with Gasteiger partial charge in [0.15, 0.2) is 0 Å². The van der Waals surface area contributed by atoms with Crippen molar-refractivity contribution in [2.24, 2.45) is 0 Å². The van der Waals surface area contributed by atoms with Gasteiger partial charge in [-0.05, 0) is 74.0 Å². The fraction of sp³-hybridized carbons (Fsp3) is 0.250. The fourth-order valence-electron chi connectivity index (χ4n) is 3.44. The molecule has 170 valence electrons. The van der Waals surface area contributed by atoms with Gasteiger partial charge in [0.05, 0.1) is 38.0 Å². The second kappa shape index (κ2) is 9.48. The van der Waals surface area contributed by atoms with Crippen LogP contribution in [0.1, 0.15) is 24.1 Å². The molecule has 6 nitrogen and oxygen atoms in total. The third-order valence-corrected chi connectivity index (χ3v) is 7.18. The van der Waals surface area contributed by atoms with Crippen LogP contribution < -0.4 is 18.5 Å². The molecule has 0 bridgehead atoms. The summed E-state index contributed by atoms with van der Waals surface area (Å²) in [6, 6.07) is 14.8. The van der Waals surface area contributed by atoms with Gasteiger partial charge in [-0.2, -0.15) is 0 Å². The van der Waals surface area contributed by atoms with Crippen LogP contribution in [-0.4, -0.2) is 29.7 Å². The quantitative estimate of drug-likeness (QED) is 0.468. The van der Waals surface area contributed by atoms with E-state index in [1.807, 2.05) is 0 Å². The Bertz CT molecular complexity index is 1200. The van der Waals surface area contributed by atoms with Crippen LogP contribution in [-0.2, 0) is 10.0 Å². The summed E-state index contributed by atoms with van der Waals surface area (Å²) in [4.78, 5) is 0.0491. The van der Waals surface area contributed by atoms with E-state index in [4.69, 9.17) is 14.2 Å². The van der Waals surface area contributed by atoms with Crippen molar-refractivity contribution >= 4 is 15.7 Å². The highest BCUT2D eigenvalue weighted by Gasteiger charge is 2.32. The number of sulfonamides is 1. The third-order valence-electron chi connectivity index (χ3n) is 5.26. The Morgan fingerprint density at radius 3 is 2.03 bits per heavy atom. The van der Waals surface area contributed by atoms with E-state index in [2.05, 4.69) is 0 Å². The minimum atomic E-state index is -4.09. The molecule has 0 aliphatic carbocycles. The first kappa shape index (κ1) is 23.4. The predicted octanol–water partition coefficient (Wildman–Crippen LogP) is 5.12.